The van der Waals surface area contributed by atoms with Gasteiger partial charge in [0, 0.05) is 5.54 Å². The van der Waals surface area contributed by atoms with Crippen molar-refractivity contribution in [1.82, 2.24) is 0 Å². The van der Waals surface area contributed by atoms with Crippen molar-refractivity contribution in [2.45, 2.75) is 37.9 Å². The van der Waals surface area contributed by atoms with Gasteiger partial charge in [0.2, 0.25) is 0 Å². The first-order valence-electron chi connectivity index (χ1n) is 5.01. The highest BCUT2D eigenvalue weighted by Gasteiger charge is 2.43. The molecule has 1 aromatic carbocycles. The zero-order valence-electron chi connectivity index (χ0n) is 8.68. The van der Waals surface area contributed by atoms with Crippen molar-refractivity contribution < 1.29 is 4.39 Å². The van der Waals surface area contributed by atoms with E-state index in [1.165, 1.54) is 0 Å². The van der Waals surface area contributed by atoms with E-state index in [9.17, 15) is 4.39 Å². The van der Waals surface area contributed by atoms with Crippen molar-refractivity contribution in [3.05, 3.63) is 35.4 Å². The van der Waals surface area contributed by atoms with Gasteiger partial charge in [-0.1, -0.05) is 24.3 Å². The van der Waals surface area contributed by atoms with E-state index in [-0.39, 0.29) is 5.54 Å². The summed E-state index contributed by atoms with van der Waals surface area (Å²) in [6.45, 7) is 3.16. The van der Waals surface area contributed by atoms with Gasteiger partial charge < -0.3 is 5.73 Å². The van der Waals surface area contributed by atoms with Crippen LogP contribution in [0.25, 0.3) is 0 Å². The monoisotopic (exact) mass is 193 g/mol. The van der Waals surface area contributed by atoms with Gasteiger partial charge in [-0.05, 0) is 37.8 Å². The molecule has 1 aliphatic rings. The highest BCUT2D eigenvalue weighted by Crippen LogP contribution is 2.46. The third-order valence-corrected chi connectivity index (χ3v) is 2.89. The molecule has 2 N–H and O–H groups in total. The minimum atomic E-state index is -1.30. The smallest absolute Gasteiger partial charge is 0.130 e. The lowest BCUT2D eigenvalue weighted by atomic mass is 9.90. The summed E-state index contributed by atoms with van der Waals surface area (Å²) in [7, 11) is 0. The van der Waals surface area contributed by atoms with Gasteiger partial charge >= 0.3 is 0 Å². The molecule has 1 aromatic rings. The second kappa shape index (κ2) is 2.80. The zero-order valence-corrected chi connectivity index (χ0v) is 8.68. The van der Waals surface area contributed by atoms with Crippen LogP contribution in [0.4, 0.5) is 4.39 Å². The van der Waals surface area contributed by atoms with Gasteiger partial charge in [-0.3, -0.25) is 0 Å². The predicted octanol–water partition coefficient (Wildman–Crippen LogP) is 2.84. The zero-order chi connectivity index (χ0) is 10.4. The van der Waals surface area contributed by atoms with Crippen LogP contribution >= 0.6 is 0 Å². The van der Waals surface area contributed by atoms with Crippen LogP contribution in [0.15, 0.2) is 24.3 Å². The molecule has 0 aliphatic heterocycles. The molecule has 2 rings (SSSR count). The average molecular weight is 193 g/mol. The van der Waals surface area contributed by atoms with Crippen LogP contribution in [0.1, 0.15) is 37.8 Å². The van der Waals surface area contributed by atoms with Gasteiger partial charge in [0.1, 0.15) is 5.67 Å². The molecular weight excluding hydrogens is 177 g/mol. The summed E-state index contributed by atoms with van der Waals surface area (Å²) < 4.78 is 13.9. The molecule has 76 valence electrons. The number of benzene rings is 1. The number of alkyl halides is 1. The van der Waals surface area contributed by atoms with Crippen molar-refractivity contribution in [3.8, 4) is 0 Å². The summed E-state index contributed by atoms with van der Waals surface area (Å²) in [6.07, 6.45) is 1.94. The van der Waals surface area contributed by atoms with Crippen LogP contribution in [-0.4, -0.2) is 0 Å². The molecule has 1 aliphatic carbocycles. The predicted molar refractivity (Wildman–Crippen MR) is 55.7 cm³/mol. The lowest BCUT2D eigenvalue weighted by Gasteiger charge is -2.22. The van der Waals surface area contributed by atoms with Crippen molar-refractivity contribution in [3.63, 3.8) is 0 Å². The van der Waals surface area contributed by atoms with Crippen LogP contribution in [0.3, 0.4) is 0 Å². The lowest BCUT2D eigenvalue weighted by molar-refractivity contribution is 0.218. The van der Waals surface area contributed by atoms with Crippen molar-refractivity contribution in [2.24, 2.45) is 5.73 Å². The Morgan fingerprint density at radius 3 is 2.36 bits per heavy atom. The van der Waals surface area contributed by atoms with Gasteiger partial charge in [0.05, 0.1) is 0 Å². The Labute approximate surface area is 84.1 Å². The van der Waals surface area contributed by atoms with E-state index in [1.54, 1.807) is 13.8 Å². The number of rotatable bonds is 2. The minimum absolute atomic E-state index is 0.250. The molecule has 0 spiro atoms. The largest absolute Gasteiger partial charge is 0.321 e. The molecule has 2 heteroatoms. The van der Waals surface area contributed by atoms with E-state index in [0.717, 1.165) is 24.0 Å². The van der Waals surface area contributed by atoms with E-state index in [1.807, 2.05) is 24.3 Å². The Balaban J connectivity index is 2.50. The van der Waals surface area contributed by atoms with Crippen LogP contribution < -0.4 is 5.73 Å². The first-order chi connectivity index (χ1) is 6.43. The molecule has 0 bridgehead atoms. The number of nitrogens with two attached hydrogens (primary N) is 1. The maximum Gasteiger partial charge on any atom is 0.130 e. The van der Waals surface area contributed by atoms with E-state index in [2.05, 4.69) is 0 Å². The molecule has 0 heterocycles. The van der Waals surface area contributed by atoms with Crippen LogP contribution in [-0.2, 0) is 11.2 Å². The van der Waals surface area contributed by atoms with Crippen LogP contribution in [0, 0.1) is 0 Å². The molecule has 0 aromatic heterocycles. The fraction of sp³-hybridized carbons (Fsp3) is 0.500. The Kier molecular flexibility index (Phi) is 1.93. The van der Waals surface area contributed by atoms with Crippen molar-refractivity contribution >= 4 is 0 Å². The SMILES string of the molecule is CC(C)(F)c1ccccc1C1(N)CC1. The van der Waals surface area contributed by atoms with Crippen LogP contribution in [0.2, 0.25) is 0 Å². The molecule has 0 amide bonds. The van der Waals surface area contributed by atoms with E-state index in [4.69, 9.17) is 5.73 Å². The number of hydrogen-bond donors (Lipinski definition) is 1. The normalized spacial score (nSPS) is 19.4. The lowest BCUT2D eigenvalue weighted by Crippen LogP contribution is -2.24. The summed E-state index contributed by atoms with van der Waals surface area (Å²) in [4.78, 5) is 0. The Bertz CT molecular complexity index is 323. The molecule has 1 saturated carbocycles. The standard InChI is InChI=1S/C12H16FN/c1-11(2,13)9-5-3-4-6-10(9)12(14)7-8-12/h3-6H,7-8,14H2,1-2H3. The molecule has 0 saturated heterocycles. The number of hydrogen-bond acceptors (Lipinski definition) is 1. The minimum Gasteiger partial charge on any atom is -0.321 e. The molecule has 0 radical (unpaired) electrons. The first kappa shape index (κ1) is 9.66. The van der Waals surface area contributed by atoms with Crippen molar-refractivity contribution in [2.75, 3.05) is 0 Å². The summed E-state index contributed by atoms with van der Waals surface area (Å²) in [6, 6.07) is 7.58. The highest BCUT2D eigenvalue weighted by atomic mass is 19.1. The summed E-state index contributed by atoms with van der Waals surface area (Å²) >= 11 is 0. The highest BCUT2D eigenvalue weighted by molar-refractivity contribution is 5.40. The first-order valence-corrected chi connectivity index (χ1v) is 5.01. The average Bonchev–Trinajstić information content (AvgIpc) is 2.84. The van der Waals surface area contributed by atoms with Crippen LogP contribution in [0.5, 0.6) is 0 Å². The second-order valence-electron chi connectivity index (χ2n) is 4.67. The third-order valence-electron chi connectivity index (χ3n) is 2.89. The van der Waals surface area contributed by atoms with Gasteiger partial charge in [-0.15, -0.1) is 0 Å². The van der Waals surface area contributed by atoms with Gasteiger partial charge in [0.15, 0.2) is 0 Å². The van der Waals surface area contributed by atoms with E-state index >= 15 is 0 Å². The molecular formula is C12H16FN. The maximum absolute atomic E-state index is 13.9. The fourth-order valence-corrected chi connectivity index (χ4v) is 1.84. The fourth-order valence-electron chi connectivity index (χ4n) is 1.84. The van der Waals surface area contributed by atoms with Gasteiger partial charge in [-0.25, -0.2) is 4.39 Å². The third kappa shape index (κ3) is 1.55. The van der Waals surface area contributed by atoms with E-state index in [0.29, 0.717) is 0 Å². The molecule has 0 atom stereocenters. The molecule has 1 nitrogen and oxygen atoms in total. The second-order valence-corrected chi connectivity index (χ2v) is 4.67. The van der Waals surface area contributed by atoms with Gasteiger partial charge in [0.25, 0.3) is 0 Å². The van der Waals surface area contributed by atoms with Gasteiger partial charge in [-0.2, -0.15) is 0 Å². The topological polar surface area (TPSA) is 26.0 Å². The maximum atomic E-state index is 13.9. The Hall–Kier alpha value is -0.890. The molecule has 0 unspecified atom stereocenters. The Morgan fingerprint density at radius 1 is 1.29 bits per heavy atom. The molecule has 1 fully saturated rings. The Morgan fingerprint density at radius 2 is 1.86 bits per heavy atom. The number of halogens is 1. The van der Waals surface area contributed by atoms with E-state index < -0.39 is 5.67 Å². The summed E-state index contributed by atoms with van der Waals surface area (Å²) in [5.74, 6) is 0. The quantitative estimate of drug-likeness (QED) is 0.768. The molecule has 14 heavy (non-hydrogen) atoms. The van der Waals surface area contributed by atoms with Crippen molar-refractivity contribution in [1.29, 1.82) is 0 Å². The summed E-state index contributed by atoms with van der Waals surface area (Å²) in [5.41, 5.74) is 6.26. The summed E-state index contributed by atoms with van der Waals surface area (Å²) in [5, 5.41) is 0.